The van der Waals surface area contributed by atoms with E-state index in [4.69, 9.17) is 0 Å². The molecule has 0 saturated carbocycles. The van der Waals surface area contributed by atoms with Crippen LogP contribution in [0.4, 0.5) is 5.69 Å². The Kier molecular flexibility index (Phi) is 4.43. The average Bonchev–Trinajstić information content (AvgIpc) is 3.08. The first kappa shape index (κ1) is 16.1. The van der Waals surface area contributed by atoms with Gasteiger partial charge in [-0.05, 0) is 37.5 Å². The Bertz CT molecular complexity index is 674. The summed E-state index contributed by atoms with van der Waals surface area (Å²) in [7, 11) is 0. The number of anilines is 1. The van der Waals surface area contributed by atoms with Crippen LogP contribution in [-0.4, -0.2) is 35.3 Å². The molecule has 0 aromatic heterocycles. The maximum Gasteiger partial charge on any atom is 0.227 e. The molecule has 2 heterocycles. The van der Waals surface area contributed by atoms with Crippen molar-refractivity contribution in [2.24, 2.45) is 5.92 Å². The minimum absolute atomic E-state index is 0.0223. The van der Waals surface area contributed by atoms with Crippen LogP contribution in [0.25, 0.3) is 0 Å². The van der Waals surface area contributed by atoms with E-state index < -0.39 is 6.04 Å². The molecule has 1 aromatic rings. The van der Waals surface area contributed by atoms with Crippen molar-refractivity contribution < 1.29 is 14.4 Å². The first-order valence-corrected chi connectivity index (χ1v) is 8.79. The molecule has 1 aromatic carbocycles. The Morgan fingerprint density at radius 3 is 2.78 bits per heavy atom. The molecule has 2 aliphatic rings. The molecule has 5 nitrogen and oxygen atoms in total. The molecule has 122 valence electrons. The Labute approximate surface area is 139 Å². The highest BCUT2D eigenvalue weighted by molar-refractivity contribution is 8.14. The van der Waals surface area contributed by atoms with Gasteiger partial charge in [-0.3, -0.25) is 14.4 Å². The van der Waals surface area contributed by atoms with Crippen LogP contribution < -0.4 is 10.2 Å². The van der Waals surface area contributed by atoms with Crippen LogP contribution in [0.15, 0.2) is 18.2 Å². The Morgan fingerprint density at radius 1 is 1.30 bits per heavy atom. The van der Waals surface area contributed by atoms with E-state index in [1.165, 1.54) is 11.8 Å². The summed E-state index contributed by atoms with van der Waals surface area (Å²) >= 11 is 1.26. The van der Waals surface area contributed by atoms with Crippen LogP contribution in [0.1, 0.15) is 24.0 Å². The number of aryl methyl sites for hydroxylation is 2. The second kappa shape index (κ2) is 6.35. The number of hydrogen-bond acceptors (Lipinski definition) is 4. The van der Waals surface area contributed by atoms with Crippen LogP contribution >= 0.6 is 11.8 Å². The Balaban J connectivity index is 1.70. The molecule has 2 aliphatic heterocycles. The number of hydrogen-bond donors (Lipinski definition) is 1. The van der Waals surface area contributed by atoms with Gasteiger partial charge in [0.15, 0.2) is 0 Å². The fraction of sp³-hybridized carbons (Fsp3) is 0.471. The number of benzene rings is 1. The second-order valence-corrected chi connectivity index (χ2v) is 7.31. The summed E-state index contributed by atoms with van der Waals surface area (Å²) < 4.78 is 0. The lowest BCUT2D eigenvalue weighted by atomic mass is 10.1. The summed E-state index contributed by atoms with van der Waals surface area (Å²) in [5, 5.41) is 2.82. The highest BCUT2D eigenvalue weighted by Crippen LogP contribution is 2.29. The van der Waals surface area contributed by atoms with E-state index in [2.05, 4.69) is 5.32 Å². The first-order chi connectivity index (χ1) is 11.0. The smallest absolute Gasteiger partial charge is 0.227 e. The largest absolute Gasteiger partial charge is 0.345 e. The molecule has 2 saturated heterocycles. The predicted octanol–water partition coefficient (Wildman–Crippen LogP) is 1.80. The highest BCUT2D eigenvalue weighted by Gasteiger charge is 2.37. The van der Waals surface area contributed by atoms with Gasteiger partial charge in [0.1, 0.15) is 0 Å². The second-order valence-electron chi connectivity index (χ2n) is 6.21. The standard InChI is InChI=1S/C17H20N2O3S/c1-10-3-4-11(2)14(7-10)19-9-12(8-15(19)20)16(21)18-13-5-6-23-17(13)22/h3-4,7,12-13H,5-6,8-9H2,1-2H3,(H,18,21). The van der Waals surface area contributed by atoms with E-state index in [9.17, 15) is 14.4 Å². The van der Waals surface area contributed by atoms with Crippen molar-refractivity contribution in [2.45, 2.75) is 32.7 Å². The monoisotopic (exact) mass is 332 g/mol. The molecule has 0 radical (unpaired) electrons. The number of amides is 2. The van der Waals surface area contributed by atoms with Crippen LogP contribution in [0.3, 0.4) is 0 Å². The summed E-state index contributed by atoms with van der Waals surface area (Å²) in [6.07, 6.45) is 0.879. The van der Waals surface area contributed by atoms with Gasteiger partial charge in [0.2, 0.25) is 16.9 Å². The van der Waals surface area contributed by atoms with Gasteiger partial charge >= 0.3 is 0 Å². The van der Waals surface area contributed by atoms with Gasteiger partial charge in [-0.25, -0.2) is 0 Å². The van der Waals surface area contributed by atoms with Crippen LogP contribution in [0, 0.1) is 19.8 Å². The molecule has 2 fully saturated rings. The third-order valence-electron chi connectivity index (χ3n) is 4.40. The van der Waals surface area contributed by atoms with E-state index in [0.717, 1.165) is 22.6 Å². The van der Waals surface area contributed by atoms with Crippen molar-refractivity contribution in [3.63, 3.8) is 0 Å². The molecule has 0 spiro atoms. The topological polar surface area (TPSA) is 66.5 Å². The van der Waals surface area contributed by atoms with Gasteiger partial charge in [-0.1, -0.05) is 23.9 Å². The number of nitrogens with one attached hydrogen (secondary N) is 1. The number of thioether (sulfide) groups is 1. The van der Waals surface area contributed by atoms with Crippen molar-refractivity contribution in [3.8, 4) is 0 Å². The third kappa shape index (κ3) is 3.27. The van der Waals surface area contributed by atoms with E-state index in [0.29, 0.717) is 13.0 Å². The zero-order valence-electron chi connectivity index (χ0n) is 13.3. The molecular formula is C17H20N2O3S. The predicted molar refractivity (Wildman–Crippen MR) is 90.4 cm³/mol. The van der Waals surface area contributed by atoms with Crippen LogP contribution in [0.2, 0.25) is 0 Å². The molecule has 2 amide bonds. The lowest BCUT2D eigenvalue weighted by Crippen LogP contribution is -2.41. The van der Waals surface area contributed by atoms with Crippen molar-refractivity contribution >= 4 is 34.4 Å². The Hall–Kier alpha value is -1.82. The number of carbonyl (C=O) groups excluding carboxylic acids is 3. The molecule has 3 rings (SSSR count). The first-order valence-electron chi connectivity index (χ1n) is 7.80. The molecule has 2 atom stereocenters. The lowest BCUT2D eigenvalue weighted by Gasteiger charge is -2.20. The van der Waals surface area contributed by atoms with Crippen LogP contribution in [-0.2, 0) is 14.4 Å². The number of nitrogens with zero attached hydrogens (tertiary/aromatic N) is 1. The maximum absolute atomic E-state index is 12.4. The van der Waals surface area contributed by atoms with Gasteiger partial charge in [0.25, 0.3) is 0 Å². The average molecular weight is 332 g/mol. The zero-order valence-corrected chi connectivity index (χ0v) is 14.1. The summed E-state index contributed by atoms with van der Waals surface area (Å²) in [6.45, 7) is 4.32. The highest BCUT2D eigenvalue weighted by atomic mass is 32.2. The fourth-order valence-corrected chi connectivity index (χ4v) is 3.98. The van der Waals surface area contributed by atoms with Crippen molar-refractivity contribution in [2.75, 3.05) is 17.2 Å². The molecule has 0 aliphatic carbocycles. The third-order valence-corrected chi connectivity index (χ3v) is 5.41. The van der Waals surface area contributed by atoms with Gasteiger partial charge in [0, 0.05) is 24.4 Å². The summed E-state index contributed by atoms with van der Waals surface area (Å²) in [5.74, 6) is 0.140. The van der Waals surface area contributed by atoms with Gasteiger partial charge in [-0.15, -0.1) is 0 Å². The summed E-state index contributed by atoms with van der Waals surface area (Å²) in [6, 6.07) is 5.58. The quantitative estimate of drug-likeness (QED) is 0.917. The van der Waals surface area contributed by atoms with Gasteiger partial charge in [0.05, 0.1) is 12.0 Å². The normalized spacial score (nSPS) is 24.3. The van der Waals surface area contributed by atoms with E-state index >= 15 is 0 Å². The molecule has 0 bridgehead atoms. The zero-order chi connectivity index (χ0) is 16.6. The molecule has 1 N–H and O–H groups in total. The summed E-state index contributed by atoms with van der Waals surface area (Å²) in [5.41, 5.74) is 2.98. The molecule has 2 unspecified atom stereocenters. The van der Waals surface area contributed by atoms with E-state index in [1.54, 1.807) is 4.90 Å². The van der Waals surface area contributed by atoms with E-state index in [1.807, 2.05) is 32.0 Å². The van der Waals surface area contributed by atoms with E-state index in [-0.39, 0.29) is 29.3 Å². The van der Waals surface area contributed by atoms with Crippen molar-refractivity contribution in [1.82, 2.24) is 5.32 Å². The number of rotatable bonds is 3. The SMILES string of the molecule is Cc1ccc(C)c(N2CC(C(=O)NC3CCSC3=O)CC2=O)c1. The fourth-order valence-electron chi connectivity index (χ4n) is 3.04. The van der Waals surface area contributed by atoms with Gasteiger partial charge < -0.3 is 10.2 Å². The van der Waals surface area contributed by atoms with Crippen molar-refractivity contribution in [3.05, 3.63) is 29.3 Å². The molecule has 23 heavy (non-hydrogen) atoms. The Morgan fingerprint density at radius 2 is 2.09 bits per heavy atom. The minimum atomic E-state index is -0.391. The molecule has 6 heteroatoms. The number of carbonyl (C=O) groups is 3. The lowest BCUT2D eigenvalue weighted by molar-refractivity contribution is -0.128. The van der Waals surface area contributed by atoms with Crippen LogP contribution in [0.5, 0.6) is 0 Å². The van der Waals surface area contributed by atoms with Gasteiger partial charge in [-0.2, -0.15) is 0 Å². The maximum atomic E-state index is 12.4. The van der Waals surface area contributed by atoms with Crippen molar-refractivity contribution in [1.29, 1.82) is 0 Å². The molecular weight excluding hydrogens is 312 g/mol. The summed E-state index contributed by atoms with van der Waals surface area (Å²) in [4.78, 5) is 38.0. The minimum Gasteiger partial charge on any atom is -0.345 e.